The van der Waals surface area contributed by atoms with Crippen LogP contribution in [0.25, 0.3) is 0 Å². The molecule has 58 valence electrons. The van der Waals surface area contributed by atoms with Gasteiger partial charge in [0.25, 0.3) is 0 Å². The van der Waals surface area contributed by atoms with Crippen LogP contribution in [-0.2, 0) is 4.79 Å². The molecule has 0 N–H and O–H groups in total. The highest BCUT2D eigenvalue weighted by molar-refractivity contribution is 5.78. The van der Waals surface area contributed by atoms with Gasteiger partial charge in [-0.05, 0) is 26.2 Å². The number of nitriles is 1. The molecule has 0 radical (unpaired) electrons. The summed E-state index contributed by atoms with van der Waals surface area (Å²) in [5.41, 5.74) is 0.836. The van der Waals surface area contributed by atoms with Crippen molar-refractivity contribution in [1.29, 1.82) is 5.26 Å². The Kier molecular flexibility index (Phi) is 2.43. The second kappa shape index (κ2) is 3.34. The average Bonchev–Trinajstić information content (AvgIpc) is 2.05. The number of rotatable bonds is 1. The van der Waals surface area contributed by atoms with Gasteiger partial charge >= 0.3 is 0 Å². The van der Waals surface area contributed by atoms with E-state index in [4.69, 9.17) is 5.26 Å². The van der Waals surface area contributed by atoms with Crippen molar-refractivity contribution in [2.24, 2.45) is 5.92 Å². The molecule has 1 aliphatic carbocycles. The van der Waals surface area contributed by atoms with Crippen LogP contribution in [0, 0.1) is 17.2 Å². The SMILES string of the molecule is CC(=O)C1CC=C(C#N)CC1. The summed E-state index contributed by atoms with van der Waals surface area (Å²) in [6, 6.07) is 2.11. The fourth-order valence-electron chi connectivity index (χ4n) is 1.30. The van der Waals surface area contributed by atoms with Crippen molar-refractivity contribution < 1.29 is 4.79 Å². The van der Waals surface area contributed by atoms with Gasteiger partial charge in [-0.3, -0.25) is 4.79 Å². The van der Waals surface area contributed by atoms with E-state index in [0.29, 0.717) is 0 Å². The summed E-state index contributed by atoms with van der Waals surface area (Å²) in [5, 5.41) is 8.51. The van der Waals surface area contributed by atoms with Crippen LogP contribution in [0.5, 0.6) is 0 Å². The molecule has 1 aliphatic rings. The monoisotopic (exact) mass is 149 g/mol. The van der Waals surface area contributed by atoms with E-state index in [1.165, 1.54) is 0 Å². The first kappa shape index (κ1) is 8.00. The summed E-state index contributed by atoms with van der Waals surface area (Å²) in [7, 11) is 0. The van der Waals surface area contributed by atoms with Crippen molar-refractivity contribution in [3.8, 4) is 6.07 Å². The largest absolute Gasteiger partial charge is 0.300 e. The smallest absolute Gasteiger partial charge is 0.133 e. The molecule has 11 heavy (non-hydrogen) atoms. The Morgan fingerprint density at radius 2 is 2.55 bits per heavy atom. The lowest BCUT2D eigenvalue weighted by Crippen LogP contribution is -2.13. The Morgan fingerprint density at radius 1 is 1.82 bits per heavy atom. The van der Waals surface area contributed by atoms with E-state index < -0.39 is 0 Å². The van der Waals surface area contributed by atoms with Gasteiger partial charge < -0.3 is 0 Å². The van der Waals surface area contributed by atoms with Crippen LogP contribution < -0.4 is 0 Å². The Morgan fingerprint density at radius 3 is 2.91 bits per heavy atom. The molecule has 0 aromatic heterocycles. The van der Waals surface area contributed by atoms with Crippen LogP contribution in [-0.4, -0.2) is 5.78 Å². The third kappa shape index (κ3) is 1.91. The van der Waals surface area contributed by atoms with Gasteiger partial charge in [-0.2, -0.15) is 5.26 Å². The molecule has 0 saturated heterocycles. The predicted molar refractivity (Wildman–Crippen MR) is 41.7 cm³/mol. The first-order valence-electron chi connectivity index (χ1n) is 3.83. The maximum atomic E-state index is 10.9. The third-order valence-electron chi connectivity index (χ3n) is 2.13. The summed E-state index contributed by atoms with van der Waals surface area (Å²) < 4.78 is 0. The number of allylic oxidation sites excluding steroid dienone is 2. The lowest BCUT2D eigenvalue weighted by atomic mass is 9.88. The van der Waals surface area contributed by atoms with E-state index in [-0.39, 0.29) is 11.7 Å². The van der Waals surface area contributed by atoms with Gasteiger partial charge in [-0.15, -0.1) is 0 Å². The van der Waals surface area contributed by atoms with Crippen molar-refractivity contribution in [3.05, 3.63) is 11.6 Å². The number of carbonyl (C=O) groups is 1. The molecule has 0 heterocycles. The van der Waals surface area contributed by atoms with Gasteiger partial charge in [0.05, 0.1) is 6.07 Å². The fourth-order valence-corrected chi connectivity index (χ4v) is 1.30. The highest BCUT2D eigenvalue weighted by Gasteiger charge is 2.17. The van der Waals surface area contributed by atoms with Crippen LogP contribution in [0.15, 0.2) is 11.6 Å². The maximum absolute atomic E-state index is 10.9. The number of Topliss-reactive ketones (excluding diaryl/α,β-unsaturated/α-hetero) is 1. The van der Waals surface area contributed by atoms with Gasteiger partial charge in [0, 0.05) is 11.5 Å². The highest BCUT2D eigenvalue weighted by atomic mass is 16.1. The fraction of sp³-hybridized carbons (Fsp3) is 0.556. The second-order valence-electron chi connectivity index (χ2n) is 2.92. The van der Waals surface area contributed by atoms with Crippen molar-refractivity contribution in [2.75, 3.05) is 0 Å². The van der Waals surface area contributed by atoms with Crippen LogP contribution in [0.2, 0.25) is 0 Å². The van der Waals surface area contributed by atoms with Crippen molar-refractivity contribution >= 4 is 5.78 Å². The summed E-state index contributed by atoms with van der Waals surface area (Å²) in [6.07, 6.45) is 4.28. The summed E-state index contributed by atoms with van der Waals surface area (Å²) in [5.74, 6) is 0.422. The molecule has 0 fully saturated rings. The molecular weight excluding hydrogens is 138 g/mol. The third-order valence-corrected chi connectivity index (χ3v) is 2.13. The summed E-state index contributed by atoms with van der Waals surface area (Å²) >= 11 is 0. The molecule has 0 aliphatic heterocycles. The normalized spacial score (nSPS) is 23.6. The van der Waals surface area contributed by atoms with E-state index in [1.54, 1.807) is 6.92 Å². The van der Waals surface area contributed by atoms with Gasteiger partial charge in [0.15, 0.2) is 0 Å². The minimum absolute atomic E-state index is 0.173. The molecule has 0 saturated carbocycles. The molecule has 1 atom stereocenters. The molecule has 0 aromatic carbocycles. The zero-order valence-corrected chi connectivity index (χ0v) is 6.63. The number of carbonyl (C=O) groups excluding carboxylic acids is 1. The molecule has 1 unspecified atom stereocenters. The zero-order valence-electron chi connectivity index (χ0n) is 6.63. The Labute approximate surface area is 66.5 Å². The minimum atomic E-state index is 0.173. The van der Waals surface area contributed by atoms with E-state index in [2.05, 4.69) is 6.07 Å². The maximum Gasteiger partial charge on any atom is 0.133 e. The molecule has 0 spiro atoms. The van der Waals surface area contributed by atoms with Gasteiger partial charge in [0.2, 0.25) is 0 Å². The van der Waals surface area contributed by atoms with Crippen molar-refractivity contribution in [2.45, 2.75) is 26.2 Å². The topological polar surface area (TPSA) is 40.9 Å². The Balaban J connectivity index is 2.56. The molecule has 2 nitrogen and oxygen atoms in total. The molecule has 1 rings (SSSR count). The van der Waals surface area contributed by atoms with Gasteiger partial charge in [-0.25, -0.2) is 0 Å². The molecule has 0 amide bonds. The van der Waals surface area contributed by atoms with Crippen LogP contribution in [0.1, 0.15) is 26.2 Å². The van der Waals surface area contributed by atoms with Crippen molar-refractivity contribution in [1.82, 2.24) is 0 Å². The highest BCUT2D eigenvalue weighted by Crippen LogP contribution is 2.23. The molecule has 0 bridgehead atoms. The lowest BCUT2D eigenvalue weighted by molar-refractivity contribution is -0.120. The van der Waals surface area contributed by atoms with Crippen LogP contribution in [0.4, 0.5) is 0 Å². The first-order chi connectivity index (χ1) is 5.24. The van der Waals surface area contributed by atoms with E-state index >= 15 is 0 Å². The number of hydrogen-bond donors (Lipinski definition) is 0. The second-order valence-corrected chi connectivity index (χ2v) is 2.92. The van der Waals surface area contributed by atoms with Crippen molar-refractivity contribution in [3.63, 3.8) is 0 Å². The Hall–Kier alpha value is -1.10. The van der Waals surface area contributed by atoms with E-state index in [1.807, 2.05) is 6.08 Å². The predicted octanol–water partition coefficient (Wildman–Crippen LogP) is 1.83. The Bertz CT molecular complexity index is 234. The van der Waals surface area contributed by atoms with Gasteiger partial charge in [-0.1, -0.05) is 6.08 Å². The quantitative estimate of drug-likeness (QED) is 0.570. The minimum Gasteiger partial charge on any atom is -0.300 e. The molecule has 2 heteroatoms. The van der Waals surface area contributed by atoms with Crippen LogP contribution >= 0.6 is 0 Å². The van der Waals surface area contributed by atoms with E-state index in [9.17, 15) is 4.79 Å². The average molecular weight is 149 g/mol. The van der Waals surface area contributed by atoms with Gasteiger partial charge in [0.1, 0.15) is 5.78 Å². The van der Waals surface area contributed by atoms with Crippen LogP contribution in [0.3, 0.4) is 0 Å². The summed E-state index contributed by atoms with van der Waals surface area (Å²) in [6.45, 7) is 1.62. The molecule has 0 aromatic rings. The standard InChI is InChI=1S/C9H11NO/c1-7(11)9-4-2-8(6-10)3-5-9/h2,9H,3-5H2,1H3. The lowest BCUT2D eigenvalue weighted by Gasteiger charge is -2.15. The summed E-state index contributed by atoms with van der Waals surface area (Å²) in [4.78, 5) is 10.9. The number of hydrogen-bond acceptors (Lipinski definition) is 2. The first-order valence-corrected chi connectivity index (χ1v) is 3.83. The van der Waals surface area contributed by atoms with E-state index in [0.717, 1.165) is 24.8 Å². The number of nitrogens with zero attached hydrogens (tertiary/aromatic N) is 1. The molecular formula is C9H11NO. The number of ketones is 1. The zero-order chi connectivity index (χ0) is 8.27.